The van der Waals surface area contributed by atoms with Crippen molar-refractivity contribution in [3.05, 3.63) is 59.7 Å². The number of ether oxygens (including phenoxy) is 1. The van der Waals surface area contributed by atoms with Crippen LogP contribution in [0.5, 0.6) is 11.5 Å². The number of nitrogens with one attached hydrogen (secondary N) is 1. The van der Waals surface area contributed by atoms with E-state index < -0.39 is 11.7 Å². The monoisotopic (exact) mass is 393 g/mol. The molecule has 28 heavy (non-hydrogen) atoms. The Morgan fingerprint density at radius 2 is 1.71 bits per heavy atom. The number of benzene rings is 2. The van der Waals surface area contributed by atoms with Crippen molar-refractivity contribution in [2.24, 2.45) is 11.7 Å². The first-order valence-electron chi connectivity index (χ1n) is 9.02. The lowest BCUT2D eigenvalue weighted by molar-refractivity contribution is -0.137. The minimum atomic E-state index is -4.37. The zero-order valence-corrected chi connectivity index (χ0v) is 15.2. The molecule has 0 saturated carbocycles. The van der Waals surface area contributed by atoms with Crippen molar-refractivity contribution >= 4 is 6.03 Å². The van der Waals surface area contributed by atoms with E-state index in [1.54, 1.807) is 29.2 Å². The molecule has 1 heterocycles. The third-order valence-electron chi connectivity index (χ3n) is 4.69. The Hall–Kier alpha value is -2.74. The Morgan fingerprint density at radius 3 is 2.25 bits per heavy atom. The summed E-state index contributed by atoms with van der Waals surface area (Å²) in [6.07, 6.45) is -3.44. The Balaban J connectivity index is 1.50. The summed E-state index contributed by atoms with van der Waals surface area (Å²) in [6.45, 7) is 2.36. The maximum atomic E-state index is 12.6. The van der Waals surface area contributed by atoms with Crippen molar-refractivity contribution in [3.63, 3.8) is 0 Å². The Morgan fingerprint density at radius 1 is 1.11 bits per heavy atom. The topological polar surface area (TPSA) is 67.6 Å². The van der Waals surface area contributed by atoms with Gasteiger partial charge in [0.05, 0.1) is 5.56 Å². The van der Waals surface area contributed by atoms with E-state index in [4.69, 9.17) is 10.5 Å². The lowest BCUT2D eigenvalue weighted by Gasteiger charge is -2.17. The van der Waals surface area contributed by atoms with Gasteiger partial charge in [0.2, 0.25) is 0 Å². The molecule has 2 amide bonds. The third kappa shape index (κ3) is 5.16. The number of urea groups is 1. The molecule has 5 nitrogen and oxygen atoms in total. The highest BCUT2D eigenvalue weighted by Crippen LogP contribution is 2.31. The summed E-state index contributed by atoms with van der Waals surface area (Å²) in [7, 11) is 0. The first kappa shape index (κ1) is 20.0. The molecular formula is C20H22F3N3O2. The normalized spacial score (nSPS) is 16.9. The average Bonchev–Trinajstić information content (AvgIpc) is 3.16. The van der Waals surface area contributed by atoms with Gasteiger partial charge in [0.1, 0.15) is 11.5 Å². The van der Waals surface area contributed by atoms with E-state index in [1.807, 2.05) is 0 Å². The van der Waals surface area contributed by atoms with Gasteiger partial charge in [-0.3, -0.25) is 0 Å². The molecule has 1 aliphatic heterocycles. The molecule has 0 bridgehead atoms. The molecule has 2 aromatic rings. The molecule has 0 aliphatic carbocycles. The van der Waals surface area contributed by atoms with Crippen LogP contribution in [-0.2, 0) is 12.7 Å². The SMILES string of the molecule is NCC1CCN(C(=O)NCc2ccc(Oc3ccc(C(F)(F)F)cc3)cc2)C1. The van der Waals surface area contributed by atoms with Gasteiger partial charge in [0.15, 0.2) is 0 Å². The van der Waals surface area contributed by atoms with Crippen LogP contribution in [0, 0.1) is 5.92 Å². The molecule has 8 heteroatoms. The Labute approximate surface area is 161 Å². The van der Waals surface area contributed by atoms with Crippen molar-refractivity contribution in [3.8, 4) is 11.5 Å². The van der Waals surface area contributed by atoms with E-state index in [1.165, 1.54) is 12.1 Å². The van der Waals surface area contributed by atoms with Gasteiger partial charge in [0.25, 0.3) is 0 Å². The minimum Gasteiger partial charge on any atom is -0.457 e. The van der Waals surface area contributed by atoms with Crippen molar-refractivity contribution < 1.29 is 22.7 Å². The second-order valence-electron chi connectivity index (χ2n) is 6.76. The zero-order chi connectivity index (χ0) is 20.1. The Kier molecular flexibility index (Phi) is 6.08. The number of carbonyl (C=O) groups excluding carboxylic acids is 1. The summed E-state index contributed by atoms with van der Waals surface area (Å²) in [5.74, 6) is 1.19. The maximum absolute atomic E-state index is 12.6. The van der Waals surface area contributed by atoms with Gasteiger partial charge in [-0.25, -0.2) is 4.79 Å². The lowest BCUT2D eigenvalue weighted by atomic mass is 10.1. The summed E-state index contributed by atoms with van der Waals surface area (Å²) in [4.78, 5) is 13.9. The molecule has 1 aliphatic rings. The highest BCUT2D eigenvalue weighted by atomic mass is 19.4. The fourth-order valence-corrected chi connectivity index (χ4v) is 3.02. The number of nitrogens with two attached hydrogens (primary N) is 1. The van der Waals surface area contributed by atoms with E-state index in [9.17, 15) is 18.0 Å². The number of rotatable bonds is 5. The van der Waals surface area contributed by atoms with Crippen LogP contribution in [0.25, 0.3) is 0 Å². The number of hydrogen-bond acceptors (Lipinski definition) is 3. The predicted molar refractivity (Wildman–Crippen MR) is 98.9 cm³/mol. The van der Waals surface area contributed by atoms with Gasteiger partial charge < -0.3 is 20.7 Å². The third-order valence-corrected chi connectivity index (χ3v) is 4.69. The number of alkyl halides is 3. The largest absolute Gasteiger partial charge is 0.457 e. The van der Waals surface area contributed by atoms with Crippen molar-refractivity contribution in [2.75, 3.05) is 19.6 Å². The number of halogens is 3. The van der Waals surface area contributed by atoms with Crippen LogP contribution in [0.2, 0.25) is 0 Å². The fraction of sp³-hybridized carbons (Fsp3) is 0.350. The summed E-state index contributed by atoms with van der Waals surface area (Å²) in [6, 6.07) is 11.4. The summed E-state index contributed by atoms with van der Waals surface area (Å²) in [5, 5.41) is 2.87. The van der Waals surface area contributed by atoms with Crippen LogP contribution < -0.4 is 15.8 Å². The quantitative estimate of drug-likeness (QED) is 0.807. The number of nitrogens with zero attached hydrogens (tertiary/aromatic N) is 1. The van der Waals surface area contributed by atoms with E-state index >= 15 is 0 Å². The first-order valence-corrected chi connectivity index (χ1v) is 9.02. The minimum absolute atomic E-state index is 0.110. The zero-order valence-electron chi connectivity index (χ0n) is 15.2. The van der Waals surface area contributed by atoms with E-state index in [2.05, 4.69) is 5.32 Å². The summed E-state index contributed by atoms with van der Waals surface area (Å²) < 4.78 is 43.3. The molecule has 3 N–H and O–H groups in total. The van der Waals surface area contributed by atoms with Gasteiger partial charge in [-0.05, 0) is 60.8 Å². The van der Waals surface area contributed by atoms with Crippen molar-refractivity contribution in [2.45, 2.75) is 19.1 Å². The molecule has 1 unspecified atom stereocenters. The lowest BCUT2D eigenvalue weighted by Crippen LogP contribution is -2.38. The summed E-state index contributed by atoms with van der Waals surface area (Å²) in [5.41, 5.74) is 5.81. The molecule has 150 valence electrons. The molecular weight excluding hydrogens is 371 g/mol. The van der Waals surface area contributed by atoms with Crippen molar-refractivity contribution in [1.82, 2.24) is 10.2 Å². The van der Waals surface area contributed by atoms with Crippen LogP contribution in [0.1, 0.15) is 17.5 Å². The molecule has 1 fully saturated rings. The summed E-state index contributed by atoms with van der Waals surface area (Å²) >= 11 is 0. The molecule has 0 spiro atoms. The van der Waals surface area contributed by atoms with Crippen LogP contribution in [-0.4, -0.2) is 30.6 Å². The van der Waals surface area contributed by atoms with Crippen LogP contribution >= 0.6 is 0 Å². The molecule has 3 rings (SSSR count). The molecule has 2 aromatic carbocycles. The standard InChI is InChI=1S/C20H22F3N3O2/c21-20(22,23)16-3-7-18(8-4-16)28-17-5-1-14(2-6-17)12-25-19(27)26-10-9-15(11-24)13-26/h1-8,15H,9-13,24H2,(H,25,27). The van der Waals surface area contributed by atoms with Gasteiger partial charge in [-0.15, -0.1) is 0 Å². The van der Waals surface area contributed by atoms with Crippen LogP contribution in [0.3, 0.4) is 0 Å². The van der Waals surface area contributed by atoms with E-state index in [0.717, 1.165) is 24.1 Å². The van der Waals surface area contributed by atoms with Gasteiger partial charge in [0, 0.05) is 19.6 Å². The number of carbonyl (C=O) groups is 1. The van der Waals surface area contributed by atoms with Crippen LogP contribution in [0.4, 0.5) is 18.0 Å². The number of amides is 2. The molecule has 0 aromatic heterocycles. The predicted octanol–water partition coefficient (Wildman–Crippen LogP) is 3.99. The molecule has 1 atom stereocenters. The highest BCUT2D eigenvalue weighted by molar-refractivity contribution is 5.74. The van der Waals surface area contributed by atoms with Crippen molar-refractivity contribution in [1.29, 1.82) is 0 Å². The second kappa shape index (κ2) is 8.52. The fourth-order valence-electron chi connectivity index (χ4n) is 3.02. The van der Waals surface area contributed by atoms with Gasteiger partial charge in [-0.2, -0.15) is 13.2 Å². The molecule has 0 radical (unpaired) electrons. The number of likely N-dealkylation sites (tertiary alicyclic amines) is 1. The van der Waals surface area contributed by atoms with Crippen LogP contribution in [0.15, 0.2) is 48.5 Å². The smallest absolute Gasteiger partial charge is 0.416 e. The average molecular weight is 393 g/mol. The van der Waals surface area contributed by atoms with E-state index in [-0.39, 0.29) is 6.03 Å². The Bertz CT molecular complexity index is 792. The number of hydrogen-bond donors (Lipinski definition) is 2. The van der Waals surface area contributed by atoms with E-state index in [0.29, 0.717) is 43.6 Å². The first-order chi connectivity index (χ1) is 13.3. The van der Waals surface area contributed by atoms with Gasteiger partial charge in [-0.1, -0.05) is 12.1 Å². The molecule has 1 saturated heterocycles. The second-order valence-corrected chi connectivity index (χ2v) is 6.76. The van der Waals surface area contributed by atoms with Gasteiger partial charge >= 0.3 is 12.2 Å². The highest BCUT2D eigenvalue weighted by Gasteiger charge is 2.30. The maximum Gasteiger partial charge on any atom is 0.416 e.